The Hall–Kier alpha value is -4.25. The van der Waals surface area contributed by atoms with Crippen molar-refractivity contribution in [3.63, 3.8) is 0 Å². The van der Waals surface area contributed by atoms with Gasteiger partial charge in [0, 0.05) is 36.9 Å². The highest BCUT2D eigenvalue weighted by Crippen LogP contribution is 2.38. The maximum absolute atomic E-state index is 12.7. The number of hydrogen-bond acceptors (Lipinski definition) is 9. The highest BCUT2D eigenvalue weighted by molar-refractivity contribution is 7.90. The molecule has 1 saturated heterocycles. The van der Waals surface area contributed by atoms with E-state index in [0.717, 1.165) is 34.7 Å². The molecule has 11 heteroatoms. The summed E-state index contributed by atoms with van der Waals surface area (Å²) in [5.41, 5.74) is 2.39. The molecule has 1 aliphatic rings. The van der Waals surface area contributed by atoms with Crippen molar-refractivity contribution < 1.29 is 22.7 Å². The number of amides is 1. The van der Waals surface area contributed by atoms with Gasteiger partial charge >= 0.3 is 6.09 Å². The van der Waals surface area contributed by atoms with Gasteiger partial charge in [0.15, 0.2) is 9.84 Å². The average molecular weight is 632 g/mol. The van der Waals surface area contributed by atoms with Gasteiger partial charge in [-0.2, -0.15) is 0 Å². The number of hydrogen-bond donors (Lipinski definition) is 1. The number of benzene rings is 2. The minimum atomic E-state index is -3.23. The topological polar surface area (TPSA) is 124 Å². The molecule has 1 fully saturated rings. The van der Waals surface area contributed by atoms with Crippen LogP contribution in [0.3, 0.4) is 0 Å². The number of likely N-dealkylation sites (tertiary alicyclic amines) is 1. The van der Waals surface area contributed by atoms with Crippen molar-refractivity contribution in [1.29, 1.82) is 0 Å². The lowest BCUT2D eigenvalue weighted by Crippen LogP contribution is -2.47. The number of piperidine rings is 1. The summed E-state index contributed by atoms with van der Waals surface area (Å²) in [7, 11) is -3.23. The fourth-order valence-corrected chi connectivity index (χ4v) is 6.99. The van der Waals surface area contributed by atoms with Crippen LogP contribution in [0, 0.1) is 6.92 Å². The van der Waals surface area contributed by atoms with E-state index >= 15 is 0 Å². The number of aromatic nitrogens is 3. The first kappa shape index (κ1) is 32.2. The summed E-state index contributed by atoms with van der Waals surface area (Å²) < 4.78 is 37.4. The number of fused-ring (bicyclic) bond motifs is 1. The molecule has 2 aromatic carbocycles. The molecule has 238 valence electrons. The molecule has 1 aliphatic heterocycles. The lowest BCUT2D eigenvalue weighted by atomic mass is 10.0. The fourth-order valence-electron chi connectivity index (χ4n) is 5.50. The molecule has 1 amide bonds. The second kappa shape index (κ2) is 13.4. The van der Waals surface area contributed by atoms with Crippen LogP contribution in [0.25, 0.3) is 22.0 Å². The molecule has 5 rings (SSSR count). The zero-order valence-electron chi connectivity index (χ0n) is 26.5. The molecule has 4 aromatic rings. The molecule has 1 N–H and O–H groups in total. The third-order valence-corrected chi connectivity index (χ3v) is 9.28. The maximum atomic E-state index is 12.7. The molecular weight excluding hydrogens is 590 g/mol. The van der Waals surface area contributed by atoms with Gasteiger partial charge in [-0.3, -0.25) is 0 Å². The summed E-state index contributed by atoms with van der Waals surface area (Å²) in [5.74, 6) is 1.55. The van der Waals surface area contributed by atoms with Crippen LogP contribution in [-0.2, 0) is 20.3 Å². The van der Waals surface area contributed by atoms with Crippen molar-refractivity contribution in [2.24, 2.45) is 0 Å². The summed E-state index contributed by atoms with van der Waals surface area (Å²) in [5, 5.41) is 5.04. The summed E-state index contributed by atoms with van der Waals surface area (Å²) in [4.78, 5) is 28.1. The first-order chi connectivity index (χ1) is 21.4. The molecule has 0 unspecified atom stereocenters. The molecule has 3 heterocycles. The van der Waals surface area contributed by atoms with E-state index in [0.29, 0.717) is 48.3 Å². The van der Waals surface area contributed by atoms with Gasteiger partial charge in [0.1, 0.15) is 11.4 Å². The molecule has 0 saturated carbocycles. The van der Waals surface area contributed by atoms with Crippen LogP contribution in [0.4, 0.5) is 10.7 Å². The van der Waals surface area contributed by atoms with Gasteiger partial charge in [-0.05, 0) is 81.7 Å². The normalized spacial score (nSPS) is 15.6. The monoisotopic (exact) mass is 631 g/mol. The minimum Gasteiger partial charge on any atom is -0.444 e. The summed E-state index contributed by atoms with van der Waals surface area (Å²) in [6.45, 7) is 10.5. The first-order valence-corrected chi connectivity index (χ1v) is 17.2. The van der Waals surface area contributed by atoms with E-state index in [1.54, 1.807) is 23.4 Å². The number of nitrogens with one attached hydrogen (secondary N) is 1. The quantitative estimate of drug-likeness (QED) is 0.209. The Balaban J connectivity index is 1.39. The van der Waals surface area contributed by atoms with Crippen molar-refractivity contribution in [1.82, 2.24) is 19.9 Å². The van der Waals surface area contributed by atoms with Gasteiger partial charge in [0.05, 0.1) is 22.8 Å². The number of pyridine rings is 1. The third kappa shape index (κ3) is 8.08. The number of aryl methyl sites for hydroxylation is 1. The fraction of sp³-hybridized carbons (Fsp3) is 0.412. The largest absolute Gasteiger partial charge is 0.444 e. The molecule has 10 nitrogen and oxygen atoms in total. The van der Waals surface area contributed by atoms with Gasteiger partial charge < -0.3 is 19.7 Å². The number of anilines is 1. The molecule has 0 bridgehead atoms. The predicted molar refractivity (Wildman–Crippen MR) is 176 cm³/mol. The number of rotatable bonds is 9. The molecule has 1 atom stereocenters. The Morgan fingerprint density at radius 2 is 1.87 bits per heavy atom. The van der Waals surface area contributed by atoms with Crippen molar-refractivity contribution >= 4 is 32.7 Å². The van der Waals surface area contributed by atoms with E-state index in [1.165, 1.54) is 0 Å². The van der Waals surface area contributed by atoms with E-state index in [9.17, 15) is 13.2 Å². The first-order valence-electron chi connectivity index (χ1n) is 15.3. The lowest BCUT2D eigenvalue weighted by molar-refractivity contribution is 0.0206. The number of carbonyl (C=O) groups excluding carboxylic acids is 1. The van der Waals surface area contributed by atoms with Gasteiger partial charge in [-0.25, -0.2) is 28.2 Å². The summed E-state index contributed by atoms with van der Waals surface area (Å²) in [6, 6.07) is 15.0. The van der Waals surface area contributed by atoms with Crippen molar-refractivity contribution in [2.75, 3.05) is 24.2 Å². The van der Waals surface area contributed by atoms with Gasteiger partial charge in [-0.15, -0.1) is 0 Å². The van der Waals surface area contributed by atoms with Gasteiger partial charge in [-0.1, -0.05) is 37.3 Å². The average Bonchev–Trinajstić information content (AvgIpc) is 2.98. The Kier molecular flexibility index (Phi) is 9.57. The molecule has 0 radical (unpaired) electrons. The van der Waals surface area contributed by atoms with E-state index in [1.807, 2.05) is 77.1 Å². The Bertz CT molecular complexity index is 1790. The molecule has 0 aliphatic carbocycles. The van der Waals surface area contributed by atoms with Gasteiger partial charge in [0.25, 0.3) is 0 Å². The Morgan fingerprint density at radius 1 is 1.04 bits per heavy atom. The van der Waals surface area contributed by atoms with E-state index in [4.69, 9.17) is 14.5 Å². The lowest BCUT2D eigenvalue weighted by Gasteiger charge is -2.34. The van der Waals surface area contributed by atoms with Crippen LogP contribution in [-0.4, -0.2) is 64.8 Å². The summed E-state index contributed by atoms with van der Waals surface area (Å²) in [6.07, 6.45) is 5.32. The minimum absolute atomic E-state index is 0.0250. The highest BCUT2D eigenvalue weighted by Gasteiger charge is 2.28. The van der Waals surface area contributed by atoms with Crippen LogP contribution < -0.4 is 10.1 Å². The number of nitrogens with zero attached hydrogens (tertiary/aromatic N) is 4. The van der Waals surface area contributed by atoms with Crippen molar-refractivity contribution in [3.8, 4) is 22.9 Å². The van der Waals surface area contributed by atoms with E-state index < -0.39 is 15.4 Å². The molecule has 2 aromatic heterocycles. The second-order valence-corrected chi connectivity index (χ2v) is 14.6. The van der Waals surface area contributed by atoms with E-state index in [-0.39, 0.29) is 23.6 Å². The van der Waals surface area contributed by atoms with Crippen molar-refractivity contribution in [2.45, 2.75) is 71.3 Å². The molecular formula is C34H41N5O5S. The maximum Gasteiger partial charge on any atom is 0.410 e. The standard InChI is InChI=1S/C34H41N5O5S/c1-6-20-45(41,42)22-24-10-7-12-27-26(24)15-14-23(2)30(27)43-31-28(13-8-17-35-31)29-16-18-36-32(38-29)37-25-11-9-19-39(21-25)33(40)44-34(3,4)5/h7-8,10,12-18,25H,6,9,11,19-22H2,1-5H3,(H,36,37,38)/t25-/m0/s1. The second-order valence-electron chi connectivity index (χ2n) is 12.4. The Morgan fingerprint density at radius 3 is 2.64 bits per heavy atom. The SMILES string of the molecule is CCCS(=O)(=O)Cc1cccc2c(Oc3ncccc3-c3ccnc(N[C@H]4CCCN(C(=O)OC(C)(C)C)C4)n3)c(C)ccc12. The number of sulfone groups is 1. The van der Waals surface area contributed by atoms with E-state index in [2.05, 4.69) is 15.3 Å². The van der Waals surface area contributed by atoms with Crippen LogP contribution in [0.5, 0.6) is 11.6 Å². The van der Waals surface area contributed by atoms with Crippen LogP contribution >= 0.6 is 0 Å². The highest BCUT2D eigenvalue weighted by atomic mass is 32.2. The van der Waals surface area contributed by atoms with Crippen LogP contribution in [0.15, 0.2) is 60.9 Å². The van der Waals surface area contributed by atoms with Gasteiger partial charge in [0.2, 0.25) is 11.8 Å². The third-order valence-electron chi connectivity index (χ3n) is 7.50. The number of ether oxygens (including phenoxy) is 2. The molecule has 0 spiro atoms. The predicted octanol–water partition coefficient (Wildman–Crippen LogP) is 6.93. The van der Waals surface area contributed by atoms with Crippen LogP contribution in [0.1, 0.15) is 58.1 Å². The van der Waals surface area contributed by atoms with Crippen LogP contribution in [0.2, 0.25) is 0 Å². The smallest absolute Gasteiger partial charge is 0.410 e. The zero-order valence-corrected chi connectivity index (χ0v) is 27.4. The number of carbonyl (C=O) groups is 1. The molecule has 45 heavy (non-hydrogen) atoms. The summed E-state index contributed by atoms with van der Waals surface area (Å²) >= 11 is 0. The zero-order chi connectivity index (χ0) is 32.2. The van der Waals surface area contributed by atoms with Crippen molar-refractivity contribution in [3.05, 3.63) is 72.1 Å². The Labute approximate surface area is 265 Å².